The van der Waals surface area contributed by atoms with Gasteiger partial charge >= 0.3 is 0 Å². The smallest absolute Gasteiger partial charge is 0.129 e. The summed E-state index contributed by atoms with van der Waals surface area (Å²) >= 11 is 0. The predicted molar refractivity (Wildman–Crippen MR) is 38.0 cm³/mol. The highest BCUT2D eigenvalue weighted by atomic mass is 16.1. The van der Waals surface area contributed by atoms with Gasteiger partial charge in [-0.25, -0.2) is 0 Å². The molecule has 0 saturated heterocycles. The quantitative estimate of drug-likeness (QED) is 0.414. The molecule has 0 atom stereocenters. The molecule has 0 aromatic heterocycles. The molecule has 0 saturated carbocycles. The van der Waals surface area contributed by atoms with Crippen LogP contribution < -0.4 is 0 Å². The van der Waals surface area contributed by atoms with Crippen LogP contribution in [0.15, 0.2) is 0 Å². The lowest BCUT2D eigenvalue weighted by Gasteiger charge is -1.87. The molecule has 0 amide bonds. The van der Waals surface area contributed by atoms with Crippen molar-refractivity contribution in [1.82, 2.24) is 0 Å². The zero-order chi connectivity index (χ0) is 7.11. The van der Waals surface area contributed by atoms with Gasteiger partial charge in [0.2, 0.25) is 0 Å². The highest BCUT2D eigenvalue weighted by Crippen LogP contribution is 1.93. The van der Waals surface area contributed by atoms with E-state index in [2.05, 4.69) is 11.8 Å². The number of hydrogen-bond acceptors (Lipinski definition) is 1. The highest BCUT2D eigenvalue weighted by molar-refractivity contribution is 5.75. The van der Waals surface area contributed by atoms with Gasteiger partial charge in [0.1, 0.15) is 5.78 Å². The van der Waals surface area contributed by atoms with Gasteiger partial charge in [-0.05, 0) is 20.3 Å². The molecule has 9 heavy (non-hydrogen) atoms. The number of hydrogen-bond donors (Lipinski definition) is 0. The maximum absolute atomic E-state index is 10.4. The Hall–Kier alpha value is -0.770. The molecule has 0 aliphatic rings. The Morgan fingerprint density at radius 2 is 2.22 bits per heavy atom. The van der Waals surface area contributed by atoms with E-state index in [1.54, 1.807) is 6.92 Å². The Morgan fingerprint density at radius 1 is 1.56 bits per heavy atom. The van der Waals surface area contributed by atoms with Crippen LogP contribution in [0.5, 0.6) is 0 Å². The Kier molecular flexibility index (Phi) is 4.91. The van der Waals surface area contributed by atoms with Crippen LogP contribution in [-0.4, -0.2) is 5.78 Å². The second-order valence-corrected chi connectivity index (χ2v) is 1.98. The predicted octanol–water partition coefficient (Wildman–Crippen LogP) is 1.77. The molecule has 0 bridgehead atoms. The van der Waals surface area contributed by atoms with Crippen molar-refractivity contribution >= 4 is 5.78 Å². The minimum atomic E-state index is 0.257. The summed E-state index contributed by atoms with van der Waals surface area (Å²) in [7, 11) is 0. The maximum Gasteiger partial charge on any atom is 0.129 e. The third-order valence-corrected chi connectivity index (χ3v) is 1.01. The Morgan fingerprint density at radius 3 is 2.67 bits per heavy atom. The lowest BCUT2D eigenvalue weighted by atomic mass is 10.2. The van der Waals surface area contributed by atoms with E-state index in [-0.39, 0.29) is 5.78 Å². The fraction of sp³-hybridized carbons (Fsp3) is 0.625. The molecule has 1 heteroatoms. The van der Waals surface area contributed by atoms with Crippen LogP contribution in [0.25, 0.3) is 0 Å². The average molecular weight is 124 g/mol. The summed E-state index contributed by atoms with van der Waals surface area (Å²) in [5, 5.41) is 0. The zero-order valence-corrected chi connectivity index (χ0v) is 6.03. The summed E-state index contributed by atoms with van der Waals surface area (Å²) in [5.41, 5.74) is 0. The van der Waals surface area contributed by atoms with Crippen LogP contribution in [0, 0.1) is 11.8 Å². The van der Waals surface area contributed by atoms with Gasteiger partial charge in [0, 0.05) is 12.8 Å². The van der Waals surface area contributed by atoms with Crippen molar-refractivity contribution < 1.29 is 4.79 Å². The van der Waals surface area contributed by atoms with Gasteiger partial charge in [-0.1, -0.05) is 0 Å². The normalized spacial score (nSPS) is 7.78. The lowest BCUT2D eigenvalue weighted by molar-refractivity contribution is -0.117. The molecule has 0 rings (SSSR count). The minimum absolute atomic E-state index is 0.257. The molecule has 0 unspecified atom stereocenters. The number of unbranched alkanes of at least 4 members (excludes halogenated alkanes) is 1. The summed E-state index contributed by atoms with van der Waals surface area (Å²) < 4.78 is 0. The van der Waals surface area contributed by atoms with Gasteiger partial charge in [-0.2, -0.15) is 0 Å². The minimum Gasteiger partial charge on any atom is -0.300 e. The number of carbonyl (C=O) groups is 1. The molecule has 0 aromatic rings. The first-order valence-electron chi connectivity index (χ1n) is 3.16. The van der Waals surface area contributed by atoms with Crippen LogP contribution in [0.1, 0.15) is 33.1 Å². The Balaban J connectivity index is 3.07. The number of rotatable bonds is 3. The van der Waals surface area contributed by atoms with Crippen LogP contribution in [0.3, 0.4) is 0 Å². The molecule has 0 aliphatic carbocycles. The second kappa shape index (κ2) is 5.37. The lowest BCUT2D eigenvalue weighted by Crippen LogP contribution is -1.87. The average Bonchev–Trinajstić information content (AvgIpc) is 1.80. The van der Waals surface area contributed by atoms with Crippen LogP contribution in [0.2, 0.25) is 0 Å². The van der Waals surface area contributed by atoms with E-state index in [4.69, 9.17) is 0 Å². The van der Waals surface area contributed by atoms with Crippen molar-refractivity contribution in [3.05, 3.63) is 0 Å². The molecule has 0 fully saturated rings. The van der Waals surface area contributed by atoms with Crippen molar-refractivity contribution in [2.24, 2.45) is 0 Å². The summed E-state index contributed by atoms with van der Waals surface area (Å²) in [6.45, 7) is 3.42. The van der Waals surface area contributed by atoms with Crippen LogP contribution in [0.4, 0.5) is 0 Å². The molecule has 0 N–H and O–H groups in total. The van der Waals surface area contributed by atoms with Crippen molar-refractivity contribution in [3.63, 3.8) is 0 Å². The van der Waals surface area contributed by atoms with Gasteiger partial charge in [0.15, 0.2) is 0 Å². The van der Waals surface area contributed by atoms with E-state index in [1.165, 1.54) is 0 Å². The van der Waals surface area contributed by atoms with E-state index < -0.39 is 0 Å². The van der Waals surface area contributed by atoms with Crippen molar-refractivity contribution in [2.75, 3.05) is 0 Å². The van der Waals surface area contributed by atoms with Crippen LogP contribution >= 0.6 is 0 Å². The van der Waals surface area contributed by atoms with Gasteiger partial charge in [-0.15, -0.1) is 11.8 Å². The standard InChI is InChI=1S/C8H12O/c1-3-4-5-6-7-8(2)9/h5-7H2,1-2H3. The molecule has 0 aliphatic heterocycles. The van der Waals surface area contributed by atoms with E-state index in [0.717, 1.165) is 12.8 Å². The molecule has 0 spiro atoms. The molecule has 1 nitrogen and oxygen atoms in total. The van der Waals surface area contributed by atoms with Gasteiger partial charge < -0.3 is 4.79 Å². The van der Waals surface area contributed by atoms with E-state index in [0.29, 0.717) is 6.42 Å². The molecular formula is C8H12O. The van der Waals surface area contributed by atoms with E-state index in [9.17, 15) is 4.79 Å². The fourth-order valence-electron chi connectivity index (χ4n) is 0.551. The van der Waals surface area contributed by atoms with Crippen molar-refractivity contribution in [2.45, 2.75) is 33.1 Å². The molecule has 0 aromatic carbocycles. The molecular weight excluding hydrogens is 112 g/mol. The van der Waals surface area contributed by atoms with Gasteiger partial charge in [0.05, 0.1) is 0 Å². The molecule has 0 radical (unpaired) electrons. The first kappa shape index (κ1) is 8.23. The largest absolute Gasteiger partial charge is 0.300 e. The monoisotopic (exact) mass is 124 g/mol. The third-order valence-electron chi connectivity index (χ3n) is 1.01. The Bertz CT molecular complexity index is 136. The van der Waals surface area contributed by atoms with Crippen molar-refractivity contribution in [1.29, 1.82) is 0 Å². The van der Waals surface area contributed by atoms with Gasteiger partial charge in [0.25, 0.3) is 0 Å². The van der Waals surface area contributed by atoms with Crippen molar-refractivity contribution in [3.8, 4) is 11.8 Å². The van der Waals surface area contributed by atoms with E-state index in [1.807, 2.05) is 6.92 Å². The van der Waals surface area contributed by atoms with Gasteiger partial charge in [-0.3, -0.25) is 0 Å². The Labute approximate surface area is 56.5 Å². The summed E-state index contributed by atoms with van der Waals surface area (Å²) in [5.74, 6) is 5.94. The highest BCUT2D eigenvalue weighted by Gasteiger charge is 1.89. The summed E-state index contributed by atoms with van der Waals surface area (Å²) in [6.07, 6.45) is 2.45. The first-order valence-corrected chi connectivity index (χ1v) is 3.16. The first-order chi connectivity index (χ1) is 4.27. The number of ketones is 1. The zero-order valence-electron chi connectivity index (χ0n) is 6.03. The summed E-state index contributed by atoms with van der Waals surface area (Å²) in [6, 6.07) is 0. The number of Topliss-reactive ketones (excluding diaryl/α,β-unsaturated/α-hetero) is 1. The van der Waals surface area contributed by atoms with E-state index >= 15 is 0 Å². The topological polar surface area (TPSA) is 17.1 Å². The summed E-state index contributed by atoms with van der Waals surface area (Å²) in [4.78, 5) is 10.4. The molecule has 0 heterocycles. The molecule has 50 valence electrons. The maximum atomic E-state index is 10.4. The van der Waals surface area contributed by atoms with Crippen LogP contribution in [-0.2, 0) is 4.79 Å². The third kappa shape index (κ3) is 7.23. The fourth-order valence-corrected chi connectivity index (χ4v) is 0.551. The number of carbonyl (C=O) groups excluding carboxylic acids is 1. The second-order valence-electron chi connectivity index (χ2n) is 1.98. The SMILES string of the molecule is CC#CCCCC(C)=O.